The second-order valence-corrected chi connectivity index (χ2v) is 5.69. The van der Waals surface area contributed by atoms with E-state index in [2.05, 4.69) is 10.4 Å². The molecule has 2 heterocycles. The van der Waals surface area contributed by atoms with Crippen LogP contribution in [0.5, 0.6) is 11.5 Å². The number of nitrogens with one attached hydrogen (secondary N) is 1. The van der Waals surface area contributed by atoms with Gasteiger partial charge in [0.25, 0.3) is 0 Å². The number of amides is 1. The van der Waals surface area contributed by atoms with Crippen molar-refractivity contribution in [3.8, 4) is 11.5 Å². The van der Waals surface area contributed by atoms with Crippen LogP contribution in [-0.2, 0) is 17.5 Å². The van der Waals surface area contributed by atoms with Crippen LogP contribution in [0.25, 0.3) is 0 Å². The normalized spacial score (nSPS) is 14.4. The van der Waals surface area contributed by atoms with Crippen LogP contribution in [0, 0.1) is 6.92 Å². The van der Waals surface area contributed by atoms with Gasteiger partial charge < -0.3 is 14.8 Å². The maximum absolute atomic E-state index is 12.7. The zero-order valence-corrected chi connectivity index (χ0v) is 13.6. The quantitative estimate of drug-likeness (QED) is 0.916. The van der Waals surface area contributed by atoms with E-state index >= 15 is 0 Å². The topological polar surface area (TPSA) is 65.4 Å². The van der Waals surface area contributed by atoms with Crippen molar-refractivity contribution in [2.45, 2.75) is 32.6 Å². The van der Waals surface area contributed by atoms with Gasteiger partial charge in [-0.25, -0.2) is 0 Å². The van der Waals surface area contributed by atoms with Gasteiger partial charge in [-0.2, -0.15) is 18.3 Å². The minimum Gasteiger partial charge on any atom is -0.454 e. The van der Waals surface area contributed by atoms with Gasteiger partial charge in [-0.05, 0) is 37.6 Å². The largest absolute Gasteiger partial charge is 0.454 e. The van der Waals surface area contributed by atoms with E-state index in [1.54, 1.807) is 18.2 Å². The van der Waals surface area contributed by atoms with Crippen molar-refractivity contribution in [2.24, 2.45) is 0 Å². The van der Waals surface area contributed by atoms with Crippen molar-refractivity contribution in [1.82, 2.24) is 15.1 Å². The van der Waals surface area contributed by atoms with Crippen LogP contribution in [-0.4, -0.2) is 22.5 Å². The number of carbonyl (C=O) groups excluding carboxylic acids is 1. The highest BCUT2D eigenvalue weighted by molar-refractivity contribution is 5.79. The molecule has 1 aliphatic heterocycles. The lowest BCUT2D eigenvalue weighted by molar-refractivity contribution is -0.142. The van der Waals surface area contributed by atoms with E-state index in [1.807, 2.05) is 0 Å². The van der Waals surface area contributed by atoms with Gasteiger partial charge >= 0.3 is 6.18 Å². The van der Waals surface area contributed by atoms with Crippen LogP contribution in [0.1, 0.15) is 29.9 Å². The van der Waals surface area contributed by atoms with Crippen molar-refractivity contribution in [3.63, 3.8) is 0 Å². The van der Waals surface area contributed by atoms with Gasteiger partial charge in [0.1, 0.15) is 6.04 Å². The maximum Gasteiger partial charge on any atom is 0.435 e. The molecule has 6 nitrogen and oxygen atoms in total. The number of fused-ring (bicyclic) bond motifs is 1. The lowest BCUT2D eigenvalue weighted by Gasteiger charge is -2.14. The number of halogens is 3. The van der Waals surface area contributed by atoms with E-state index in [4.69, 9.17) is 9.47 Å². The molecule has 134 valence electrons. The van der Waals surface area contributed by atoms with E-state index in [0.717, 1.165) is 16.3 Å². The van der Waals surface area contributed by atoms with Gasteiger partial charge in [-0.1, -0.05) is 6.07 Å². The molecule has 2 aromatic rings. The molecule has 0 radical (unpaired) electrons. The van der Waals surface area contributed by atoms with E-state index in [1.165, 1.54) is 13.8 Å². The Kier molecular flexibility index (Phi) is 4.32. The summed E-state index contributed by atoms with van der Waals surface area (Å²) >= 11 is 0. The smallest absolute Gasteiger partial charge is 0.435 e. The van der Waals surface area contributed by atoms with Crippen molar-refractivity contribution in [1.29, 1.82) is 0 Å². The van der Waals surface area contributed by atoms with Crippen LogP contribution in [0.3, 0.4) is 0 Å². The minimum absolute atomic E-state index is 0.155. The van der Waals surface area contributed by atoms with Crippen LogP contribution in [0.2, 0.25) is 0 Å². The Hall–Kier alpha value is -2.71. The Labute approximate surface area is 141 Å². The predicted octanol–water partition coefficient (Wildman–Crippen LogP) is 2.82. The summed E-state index contributed by atoms with van der Waals surface area (Å²) in [7, 11) is 0. The molecule has 0 bridgehead atoms. The molecule has 0 saturated carbocycles. The summed E-state index contributed by atoms with van der Waals surface area (Å²) in [6, 6.07) is 5.31. The lowest BCUT2D eigenvalue weighted by atomic mass is 10.2. The second kappa shape index (κ2) is 6.30. The summed E-state index contributed by atoms with van der Waals surface area (Å²) in [6.45, 7) is 3.34. The van der Waals surface area contributed by atoms with Gasteiger partial charge in [0.15, 0.2) is 17.2 Å². The number of nitrogens with zero attached hydrogens (tertiary/aromatic N) is 2. The predicted molar refractivity (Wildman–Crippen MR) is 81.1 cm³/mol. The summed E-state index contributed by atoms with van der Waals surface area (Å²) in [6.07, 6.45) is -4.54. The van der Waals surface area contributed by atoms with E-state index in [0.29, 0.717) is 11.5 Å². The van der Waals surface area contributed by atoms with Gasteiger partial charge in [0, 0.05) is 12.2 Å². The Morgan fingerprint density at radius 2 is 2.04 bits per heavy atom. The molecule has 1 atom stereocenters. The number of hydrogen-bond donors (Lipinski definition) is 1. The Balaban J connectivity index is 1.66. The number of aromatic nitrogens is 2. The zero-order valence-electron chi connectivity index (χ0n) is 13.6. The monoisotopic (exact) mass is 355 g/mol. The molecule has 0 fully saturated rings. The van der Waals surface area contributed by atoms with Crippen LogP contribution in [0.15, 0.2) is 24.3 Å². The van der Waals surface area contributed by atoms with E-state index < -0.39 is 23.8 Å². The van der Waals surface area contributed by atoms with E-state index in [-0.39, 0.29) is 19.0 Å². The number of aryl methyl sites for hydroxylation is 1. The molecule has 1 unspecified atom stereocenters. The molecule has 1 aromatic heterocycles. The third-order valence-electron chi connectivity index (χ3n) is 3.86. The number of rotatable bonds is 4. The maximum atomic E-state index is 12.7. The Morgan fingerprint density at radius 1 is 1.32 bits per heavy atom. The first-order valence-corrected chi connectivity index (χ1v) is 7.55. The standard InChI is InChI=1S/C16H16F3N3O3/c1-9-5-14(16(17,18)19)21-22(9)10(2)15(23)20-7-11-3-4-12-13(6-11)25-8-24-12/h3-6,10H,7-8H2,1-2H3,(H,20,23). The second-order valence-electron chi connectivity index (χ2n) is 5.69. The van der Waals surface area contributed by atoms with Crippen molar-refractivity contribution >= 4 is 5.91 Å². The first kappa shape index (κ1) is 17.1. The Bertz CT molecular complexity index is 802. The van der Waals surface area contributed by atoms with Crippen molar-refractivity contribution in [2.75, 3.05) is 6.79 Å². The lowest BCUT2D eigenvalue weighted by Crippen LogP contribution is -2.31. The van der Waals surface area contributed by atoms with Gasteiger partial charge in [0.05, 0.1) is 0 Å². The average Bonchev–Trinajstić information content (AvgIpc) is 3.17. The molecule has 0 saturated heterocycles. The molecular weight excluding hydrogens is 339 g/mol. The number of hydrogen-bond acceptors (Lipinski definition) is 4. The molecule has 1 aromatic carbocycles. The minimum atomic E-state index is -4.54. The third kappa shape index (κ3) is 3.54. The molecule has 0 aliphatic carbocycles. The van der Waals surface area contributed by atoms with Gasteiger partial charge in [0.2, 0.25) is 12.7 Å². The zero-order chi connectivity index (χ0) is 18.2. The van der Waals surface area contributed by atoms with E-state index in [9.17, 15) is 18.0 Å². The molecule has 25 heavy (non-hydrogen) atoms. The average molecular weight is 355 g/mol. The van der Waals surface area contributed by atoms with Gasteiger partial charge in [-0.3, -0.25) is 9.48 Å². The van der Waals surface area contributed by atoms with Crippen molar-refractivity contribution < 1.29 is 27.4 Å². The highest BCUT2D eigenvalue weighted by Gasteiger charge is 2.35. The van der Waals surface area contributed by atoms with Gasteiger partial charge in [-0.15, -0.1) is 0 Å². The molecule has 0 spiro atoms. The summed E-state index contributed by atoms with van der Waals surface area (Å²) in [4.78, 5) is 12.3. The first-order chi connectivity index (χ1) is 11.8. The molecule has 9 heteroatoms. The molecule has 1 aliphatic rings. The molecule has 1 amide bonds. The number of ether oxygens (including phenoxy) is 2. The molecular formula is C16H16F3N3O3. The first-order valence-electron chi connectivity index (χ1n) is 7.55. The molecule has 1 N–H and O–H groups in total. The van der Waals surface area contributed by atoms with Crippen LogP contribution in [0.4, 0.5) is 13.2 Å². The Morgan fingerprint density at radius 3 is 2.72 bits per heavy atom. The SMILES string of the molecule is Cc1cc(C(F)(F)F)nn1C(C)C(=O)NCc1ccc2c(c1)OCO2. The fourth-order valence-electron chi connectivity index (χ4n) is 2.52. The highest BCUT2D eigenvalue weighted by Crippen LogP contribution is 2.32. The molecule has 3 rings (SSSR count). The third-order valence-corrected chi connectivity index (χ3v) is 3.86. The number of alkyl halides is 3. The van der Waals surface area contributed by atoms with Crippen LogP contribution < -0.4 is 14.8 Å². The number of benzene rings is 1. The van der Waals surface area contributed by atoms with Crippen LogP contribution >= 0.6 is 0 Å². The fraction of sp³-hybridized carbons (Fsp3) is 0.375. The summed E-state index contributed by atoms with van der Waals surface area (Å²) in [5, 5.41) is 6.18. The number of carbonyl (C=O) groups is 1. The fourth-order valence-corrected chi connectivity index (χ4v) is 2.52. The summed E-state index contributed by atoms with van der Waals surface area (Å²) in [5.41, 5.74) is 0.0384. The highest BCUT2D eigenvalue weighted by atomic mass is 19.4. The summed E-state index contributed by atoms with van der Waals surface area (Å²) < 4.78 is 49.7. The van der Waals surface area contributed by atoms with Crippen molar-refractivity contribution in [3.05, 3.63) is 41.2 Å². The summed E-state index contributed by atoms with van der Waals surface area (Å²) in [5.74, 6) is 0.797.